The number of urea groups is 1. The van der Waals surface area contributed by atoms with Crippen molar-refractivity contribution in [1.82, 2.24) is 15.1 Å². The highest BCUT2D eigenvalue weighted by Gasteiger charge is 2.50. The number of carbonyl (C=O) groups is 2. The molecule has 0 unspecified atom stereocenters. The van der Waals surface area contributed by atoms with Gasteiger partial charge in [-0.05, 0) is 43.5 Å². The zero-order valence-corrected chi connectivity index (χ0v) is 17.6. The van der Waals surface area contributed by atoms with Crippen molar-refractivity contribution in [3.8, 4) is 11.5 Å². The van der Waals surface area contributed by atoms with Gasteiger partial charge >= 0.3 is 6.03 Å². The number of amides is 3. The Bertz CT molecular complexity index is 949. The molecule has 4 rings (SSSR count). The second-order valence-electron chi connectivity index (χ2n) is 7.87. The van der Waals surface area contributed by atoms with E-state index in [0.29, 0.717) is 0 Å². The number of rotatable bonds is 6. The monoisotopic (exact) mass is 409 g/mol. The molecular weight excluding hydrogens is 382 g/mol. The van der Waals surface area contributed by atoms with Crippen LogP contribution in [0.2, 0.25) is 0 Å². The van der Waals surface area contributed by atoms with Gasteiger partial charge in [0.1, 0.15) is 17.0 Å². The van der Waals surface area contributed by atoms with E-state index < -0.39 is 5.54 Å². The van der Waals surface area contributed by atoms with Gasteiger partial charge in [-0.3, -0.25) is 9.69 Å². The third-order valence-corrected chi connectivity index (χ3v) is 6.11. The Hall–Kier alpha value is -3.06. The average molecular weight is 409 g/mol. The lowest BCUT2D eigenvalue weighted by Crippen LogP contribution is -2.43. The third-order valence-electron chi connectivity index (χ3n) is 6.11. The number of hydrogen-bond acceptors (Lipinski definition) is 5. The summed E-state index contributed by atoms with van der Waals surface area (Å²) in [6.45, 7) is 2.79. The zero-order valence-electron chi connectivity index (χ0n) is 17.6. The van der Waals surface area contributed by atoms with Crippen LogP contribution < -0.4 is 14.8 Å². The van der Waals surface area contributed by atoms with Gasteiger partial charge in [-0.1, -0.05) is 30.3 Å². The summed E-state index contributed by atoms with van der Waals surface area (Å²) in [6.07, 6.45) is 1.90. The summed E-state index contributed by atoms with van der Waals surface area (Å²) >= 11 is 0. The summed E-state index contributed by atoms with van der Waals surface area (Å²) < 4.78 is 11.0. The van der Waals surface area contributed by atoms with Crippen LogP contribution in [-0.2, 0) is 10.3 Å². The molecule has 0 bridgehead atoms. The first-order chi connectivity index (χ1) is 14.5. The molecule has 2 aromatic carbocycles. The van der Waals surface area contributed by atoms with E-state index in [1.54, 1.807) is 21.1 Å². The molecule has 0 aromatic heterocycles. The Morgan fingerprint density at radius 2 is 1.87 bits per heavy atom. The molecule has 2 aliphatic heterocycles. The predicted molar refractivity (Wildman–Crippen MR) is 112 cm³/mol. The van der Waals surface area contributed by atoms with Gasteiger partial charge in [0, 0.05) is 18.2 Å². The van der Waals surface area contributed by atoms with Crippen LogP contribution in [0.25, 0.3) is 0 Å². The Labute approximate surface area is 176 Å². The maximum absolute atomic E-state index is 13.3. The van der Waals surface area contributed by atoms with Gasteiger partial charge in [-0.25, -0.2) is 9.69 Å². The molecule has 3 amide bonds. The van der Waals surface area contributed by atoms with Crippen LogP contribution in [0.5, 0.6) is 11.5 Å². The molecule has 30 heavy (non-hydrogen) atoms. The lowest BCUT2D eigenvalue weighted by Gasteiger charge is -2.29. The molecule has 2 heterocycles. The van der Waals surface area contributed by atoms with Gasteiger partial charge in [0.25, 0.3) is 5.91 Å². The van der Waals surface area contributed by atoms with Crippen LogP contribution in [0.1, 0.15) is 36.9 Å². The summed E-state index contributed by atoms with van der Waals surface area (Å²) in [7, 11) is 3.28. The largest absolute Gasteiger partial charge is 0.497 e. The van der Waals surface area contributed by atoms with Crippen LogP contribution in [0.4, 0.5) is 4.79 Å². The Balaban J connectivity index is 1.58. The minimum absolute atomic E-state index is 0.0410. The van der Waals surface area contributed by atoms with E-state index >= 15 is 0 Å². The van der Waals surface area contributed by atoms with Crippen molar-refractivity contribution in [3.63, 3.8) is 0 Å². The summed E-state index contributed by atoms with van der Waals surface area (Å²) in [5.74, 6) is 1.30. The third kappa shape index (κ3) is 3.39. The van der Waals surface area contributed by atoms with Crippen molar-refractivity contribution in [1.29, 1.82) is 0 Å². The van der Waals surface area contributed by atoms with Crippen molar-refractivity contribution in [2.45, 2.75) is 31.3 Å². The number of carbonyl (C=O) groups excluding carboxylic acids is 2. The zero-order chi connectivity index (χ0) is 21.3. The molecule has 7 nitrogen and oxygen atoms in total. The number of nitrogens with one attached hydrogen (secondary N) is 1. The van der Waals surface area contributed by atoms with Crippen LogP contribution in [-0.4, -0.2) is 49.2 Å². The number of nitrogens with zero attached hydrogens (tertiary/aromatic N) is 2. The smallest absolute Gasteiger partial charge is 0.326 e. The topological polar surface area (TPSA) is 71.1 Å². The fourth-order valence-corrected chi connectivity index (χ4v) is 4.42. The van der Waals surface area contributed by atoms with Gasteiger partial charge in [0.15, 0.2) is 0 Å². The van der Waals surface area contributed by atoms with E-state index in [1.807, 2.05) is 48.5 Å². The molecule has 1 N–H and O–H groups in total. The maximum atomic E-state index is 13.3. The molecular formula is C23H27N3O4. The van der Waals surface area contributed by atoms with E-state index in [-0.39, 0.29) is 24.6 Å². The predicted octanol–water partition coefficient (Wildman–Crippen LogP) is 3.27. The number of ether oxygens (including phenoxy) is 2. The summed E-state index contributed by atoms with van der Waals surface area (Å²) in [5.41, 5.74) is 0.729. The molecule has 0 aliphatic carbocycles. The normalized spacial score (nSPS) is 24.2. The second-order valence-corrected chi connectivity index (χ2v) is 7.87. The minimum Gasteiger partial charge on any atom is -0.497 e. The second kappa shape index (κ2) is 7.99. The van der Waals surface area contributed by atoms with Crippen LogP contribution in [0.15, 0.2) is 48.5 Å². The van der Waals surface area contributed by atoms with E-state index in [9.17, 15) is 9.59 Å². The lowest BCUT2D eigenvalue weighted by molar-refractivity contribution is -0.132. The van der Waals surface area contributed by atoms with Crippen molar-refractivity contribution in [2.75, 3.05) is 27.4 Å². The summed E-state index contributed by atoms with van der Waals surface area (Å²) in [6, 6.07) is 14.8. The highest BCUT2D eigenvalue weighted by atomic mass is 16.5. The number of imide groups is 1. The fourth-order valence-electron chi connectivity index (χ4n) is 4.42. The standard InChI is InChI=1S/C23H27N3O4/c1-23(16-8-5-4-6-9-16)21(27)26(22(28)24-23)15-25-13-7-10-19(25)18-14-17(29-2)11-12-20(18)30-3/h4-6,8-9,11-12,14,19H,7,10,13,15H2,1-3H3,(H,24,28)/t19-,23-/m1/s1. The molecule has 2 aliphatic rings. The maximum Gasteiger partial charge on any atom is 0.326 e. The quantitative estimate of drug-likeness (QED) is 0.742. The van der Waals surface area contributed by atoms with Gasteiger partial charge in [-0.15, -0.1) is 0 Å². The van der Waals surface area contributed by atoms with Gasteiger partial charge in [0.2, 0.25) is 0 Å². The SMILES string of the molecule is COc1ccc(OC)c([C@H]2CCCN2CN2C(=O)N[C@](C)(c3ccccc3)C2=O)c1. The molecule has 7 heteroatoms. The molecule has 0 saturated carbocycles. The number of likely N-dealkylation sites (tertiary alicyclic amines) is 1. The molecule has 2 aromatic rings. The van der Waals surface area contributed by atoms with Gasteiger partial charge in [0.05, 0.1) is 20.9 Å². The van der Waals surface area contributed by atoms with E-state index in [2.05, 4.69) is 10.2 Å². The van der Waals surface area contributed by atoms with Crippen molar-refractivity contribution in [2.24, 2.45) is 0 Å². The molecule has 2 fully saturated rings. The van der Waals surface area contributed by atoms with Gasteiger partial charge < -0.3 is 14.8 Å². The van der Waals surface area contributed by atoms with Gasteiger partial charge in [-0.2, -0.15) is 0 Å². The van der Waals surface area contributed by atoms with Crippen LogP contribution in [0.3, 0.4) is 0 Å². The van der Waals surface area contributed by atoms with Crippen molar-refractivity contribution >= 4 is 11.9 Å². The molecule has 0 spiro atoms. The van der Waals surface area contributed by atoms with Crippen molar-refractivity contribution in [3.05, 3.63) is 59.7 Å². The average Bonchev–Trinajstić information content (AvgIpc) is 3.32. The fraction of sp³-hybridized carbons (Fsp3) is 0.391. The van der Waals surface area contributed by atoms with E-state index in [4.69, 9.17) is 9.47 Å². The van der Waals surface area contributed by atoms with Crippen LogP contribution in [0, 0.1) is 0 Å². The first kappa shape index (κ1) is 20.2. The van der Waals surface area contributed by atoms with Crippen LogP contribution >= 0.6 is 0 Å². The lowest BCUT2D eigenvalue weighted by atomic mass is 9.92. The Morgan fingerprint density at radius 3 is 2.57 bits per heavy atom. The van der Waals surface area contributed by atoms with E-state index in [0.717, 1.165) is 42.0 Å². The first-order valence-corrected chi connectivity index (χ1v) is 10.1. The highest BCUT2D eigenvalue weighted by Crippen LogP contribution is 2.39. The highest BCUT2D eigenvalue weighted by molar-refractivity contribution is 6.07. The number of methoxy groups -OCH3 is 2. The molecule has 0 radical (unpaired) electrons. The minimum atomic E-state index is -1.05. The molecule has 2 atom stereocenters. The number of hydrogen-bond donors (Lipinski definition) is 1. The summed E-state index contributed by atoms with van der Waals surface area (Å²) in [4.78, 5) is 29.5. The first-order valence-electron chi connectivity index (χ1n) is 10.1. The van der Waals surface area contributed by atoms with E-state index in [1.165, 1.54) is 4.90 Å². The molecule has 158 valence electrons. The number of benzene rings is 2. The Kier molecular flexibility index (Phi) is 5.39. The summed E-state index contributed by atoms with van der Waals surface area (Å²) in [5, 5.41) is 2.88. The van der Waals surface area contributed by atoms with Crippen molar-refractivity contribution < 1.29 is 19.1 Å². The molecule has 2 saturated heterocycles. The Morgan fingerprint density at radius 1 is 1.10 bits per heavy atom.